The van der Waals surface area contributed by atoms with E-state index in [1.807, 2.05) is 6.92 Å². The summed E-state index contributed by atoms with van der Waals surface area (Å²) < 4.78 is 4.75. The van der Waals surface area contributed by atoms with Crippen LogP contribution in [0.2, 0.25) is 0 Å². The Morgan fingerprint density at radius 1 is 1.75 bits per heavy atom. The maximum Gasteiger partial charge on any atom is 0.256 e. The Balaban J connectivity index is 2.59. The molecule has 1 heterocycles. The van der Waals surface area contributed by atoms with Crippen LogP contribution in [0.5, 0.6) is 0 Å². The number of hydrogen-bond acceptors (Lipinski definition) is 3. The molecule has 1 aromatic rings. The smallest absolute Gasteiger partial charge is 0.256 e. The van der Waals surface area contributed by atoms with Crippen LogP contribution in [-0.4, -0.2) is 17.6 Å². The Morgan fingerprint density at radius 2 is 2.50 bits per heavy atom. The number of aromatic nitrogens is 1. The molecule has 12 heavy (non-hydrogen) atoms. The zero-order valence-corrected chi connectivity index (χ0v) is 7.26. The van der Waals surface area contributed by atoms with Crippen LogP contribution in [0, 0.1) is 6.92 Å². The van der Waals surface area contributed by atoms with Gasteiger partial charge in [-0.3, -0.25) is 4.79 Å². The molecule has 4 nitrogen and oxygen atoms in total. The quantitative estimate of drug-likeness (QED) is 0.735. The van der Waals surface area contributed by atoms with E-state index in [4.69, 9.17) is 4.52 Å². The summed E-state index contributed by atoms with van der Waals surface area (Å²) >= 11 is 0. The second kappa shape index (κ2) is 3.90. The van der Waals surface area contributed by atoms with E-state index in [0.717, 1.165) is 6.42 Å². The lowest BCUT2D eigenvalue weighted by molar-refractivity contribution is 0.0952. The molecule has 1 amide bonds. The fraction of sp³-hybridized carbons (Fsp3) is 0.500. The highest BCUT2D eigenvalue weighted by molar-refractivity contribution is 5.94. The van der Waals surface area contributed by atoms with E-state index in [9.17, 15) is 4.79 Å². The molecule has 0 aliphatic carbocycles. The molecule has 0 radical (unpaired) electrons. The Morgan fingerprint density at radius 3 is 3.00 bits per heavy atom. The van der Waals surface area contributed by atoms with Gasteiger partial charge in [0.05, 0.1) is 6.20 Å². The third-order valence-electron chi connectivity index (χ3n) is 1.53. The number of nitrogens with one attached hydrogen (secondary N) is 1. The minimum Gasteiger partial charge on any atom is -0.361 e. The van der Waals surface area contributed by atoms with E-state index in [1.165, 1.54) is 6.20 Å². The number of carbonyl (C=O) groups is 1. The maximum atomic E-state index is 11.3. The topological polar surface area (TPSA) is 55.1 Å². The van der Waals surface area contributed by atoms with Crippen LogP contribution in [0.1, 0.15) is 29.5 Å². The second-order valence-electron chi connectivity index (χ2n) is 2.55. The third kappa shape index (κ3) is 1.84. The Hall–Kier alpha value is -1.32. The molecule has 4 heteroatoms. The van der Waals surface area contributed by atoms with Gasteiger partial charge in [-0.25, -0.2) is 0 Å². The van der Waals surface area contributed by atoms with Crippen molar-refractivity contribution in [2.24, 2.45) is 0 Å². The molecule has 0 fully saturated rings. The van der Waals surface area contributed by atoms with Gasteiger partial charge < -0.3 is 9.84 Å². The molecule has 0 bridgehead atoms. The molecule has 0 atom stereocenters. The minimum atomic E-state index is -0.115. The molecule has 0 spiro atoms. The van der Waals surface area contributed by atoms with Crippen LogP contribution in [0.4, 0.5) is 0 Å². The first kappa shape index (κ1) is 8.77. The van der Waals surface area contributed by atoms with E-state index in [1.54, 1.807) is 6.92 Å². The number of aryl methyl sites for hydroxylation is 1. The average Bonchev–Trinajstić information content (AvgIpc) is 2.47. The molecule has 0 saturated carbocycles. The van der Waals surface area contributed by atoms with Gasteiger partial charge in [0.15, 0.2) is 0 Å². The lowest BCUT2D eigenvalue weighted by Gasteiger charge is -1.99. The summed E-state index contributed by atoms with van der Waals surface area (Å²) in [5.41, 5.74) is 0.517. The van der Waals surface area contributed by atoms with Crippen LogP contribution in [0.3, 0.4) is 0 Å². The summed E-state index contributed by atoms with van der Waals surface area (Å²) in [6.07, 6.45) is 2.36. The lowest BCUT2D eigenvalue weighted by atomic mass is 10.2. The van der Waals surface area contributed by atoms with Gasteiger partial charge in [-0.1, -0.05) is 12.1 Å². The zero-order chi connectivity index (χ0) is 8.97. The Labute approximate surface area is 70.9 Å². The minimum absolute atomic E-state index is 0.115. The van der Waals surface area contributed by atoms with Gasteiger partial charge in [-0.15, -0.1) is 0 Å². The number of rotatable bonds is 3. The molecule has 0 unspecified atom stereocenters. The van der Waals surface area contributed by atoms with Gasteiger partial charge >= 0.3 is 0 Å². The first-order valence-corrected chi connectivity index (χ1v) is 3.95. The third-order valence-corrected chi connectivity index (χ3v) is 1.53. The van der Waals surface area contributed by atoms with Crippen molar-refractivity contribution in [3.8, 4) is 0 Å². The van der Waals surface area contributed by atoms with Gasteiger partial charge in [-0.2, -0.15) is 0 Å². The molecular weight excluding hydrogens is 156 g/mol. The number of nitrogens with zero attached hydrogens (tertiary/aromatic N) is 1. The van der Waals surface area contributed by atoms with Crippen molar-refractivity contribution in [3.63, 3.8) is 0 Å². The van der Waals surface area contributed by atoms with Gasteiger partial charge in [0, 0.05) is 6.54 Å². The Bertz CT molecular complexity index is 268. The molecule has 0 aliphatic rings. The molecule has 0 saturated heterocycles. The van der Waals surface area contributed by atoms with E-state index in [-0.39, 0.29) is 5.91 Å². The van der Waals surface area contributed by atoms with Crippen LogP contribution in [-0.2, 0) is 0 Å². The molecule has 66 valence electrons. The molecule has 0 aromatic carbocycles. The van der Waals surface area contributed by atoms with Crippen molar-refractivity contribution in [3.05, 3.63) is 17.5 Å². The van der Waals surface area contributed by atoms with Crippen LogP contribution in [0.25, 0.3) is 0 Å². The van der Waals surface area contributed by atoms with Crippen LogP contribution >= 0.6 is 0 Å². The number of amides is 1. The van der Waals surface area contributed by atoms with Gasteiger partial charge in [0.2, 0.25) is 0 Å². The Kier molecular flexibility index (Phi) is 2.85. The van der Waals surface area contributed by atoms with E-state index in [0.29, 0.717) is 17.9 Å². The van der Waals surface area contributed by atoms with E-state index < -0.39 is 0 Å². The standard InChI is InChI=1S/C8H12N2O2/c1-3-4-9-8(11)7-5-10-12-6(7)2/h5H,3-4H2,1-2H3,(H,9,11). The normalized spacial score (nSPS) is 9.83. The van der Waals surface area contributed by atoms with E-state index in [2.05, 4.69) is 10.5 Å². The highest BCUT2D eigenvalue weighted by atomic mass is 16.5. The highest BCUT2D eigenvalue weighted by Gasteiger charge is 2.10. The molecular formula is C8H12N2O2. The largest absolute Gasteiger partial charge is 0.361 e. The summed E-state index contributed by atoms with van der Waals surface area (Å²) in [5, 5.41) is 6.25. The highest BCUT2D eigenvalue weighted by Crippen LogP contribution is 2.04. The second-order valence-corrected chi connectivity index (χ2v) is 2.55. The molecule has 1 aromatic heterocycles. The summed E-state index contributed by atoms with van der Waals surface area (Å²) in [7, 11) is 0. The van der Waals surface area contributed by atoms with E-state index >= 15 is 0 Å². The van der Waals surface area contributed by atoms with Crippen molar-refractivity contribution in [2.45, 2.75) is 20.3 Å². The van der Waals surface area contributed by atoms with Crippen molar-refractivity contribution in [2.75, 3.05) is 6.54 Å². The predicted molar refractivity (Wildman–Crippen MR) is 43.9 cm³/mol. The summed E-state index contributed by atoms with van der Waals surface area (Å²) in [6.45, 7) is 4.40. The summed E-state index contributed by atoms with van der Waals surface area (Å²) in [4.78, 5) is 11.3. The van der Waals surface area contributed by atoms with Crippen molar-refractivity contribution in [1.29, 1.82) is 0 Å². The van der Waals surface area contributed by atoms with Crippen molar-refractivity contribution < 1.29 is 9.32 Å². The van der Waals surface area contributed by atoms with Gasteiger partial charge in [0.1, 0.15) is 11.3 Å². The number of carbonyl (C=O) groups excluding carboxylic acids is 1. The first-order valence-electron chi connectivity index (χ1n) is 3.95. The van der Waals surface area contributed by atoms with Crippen LogP contribution in [0.15, 0.2) is 10.7 Å². The predicted octanol–water partition coefficient (Wildman–Crippen LogP) is 1.12. The fourth-order valence-electron chi connectivity index (χ4n) is 0.850. The van der Waals surface area contributed by atoms with Gasteiger partial charge in [-0.05, 0) is 13.3 Å². The monoisotopic (exact) mass is 168 g/mol. The van der Waals surface area contributed by atoms with Crippen molar-refractivity contribution in [1.82, 2.24) is 10.5 Å². The zero-order valence-electron chi connectivity index (χ0n) is 7.26. The van der Waals surface area contributed by atoms with Crippen molar-refractivity contribution >= 4 is 5.91 Å². The number of hydrogen-bond donors (Lipinski definition) is 1. The molecule has 1 N–H and O–H groups in total. The average molecular weight is 168 g/mol. The van der Waals surface area contributed by atoms with Crippen LogP contribution < -0.4 is 5.32 Å². The lowest BCUT2D eigenvalue weighted by Crippen LogP contribution is -2.24. The molecule has 0 aliphatic heterocycles. The maximum absolute atomic E-state index is 11.3. The summed E-state index contributed by atoms with van der Waals surface area (Å²) in [6, 6.07) is 0. The fourth-order valence-corrected chi connectivity index (χ4v) is 0.850. The van der Waals surface area contributed by atoms with Gasteiger partial charge in [0.25, 0.3) is 5.91 Å². The first-order chi connectivity index (χ1) is 5.75. The molecule has 1 rings (SSSR count). The summed E-state index contributed by atoms with van der Waals surface area (Å²) in [5.74, 6) is 0.444. The SMILES string of the molecule is CCCNC(=O)c1cnoc1C.